The van der Waals surface area contributed by atoms with Crippen LogP contribution in [-0.2, 0) is 23.8 Å². The number of aromatic amines is 1. The second kappa shape index (κ2) is 9.10. The minimum Gasteiger partial charge on any atom is -0.456 e. The zero-order chi connectivity index (χ0) is 21.0. The molecule has 1 aliphatic heterocycles. The van der Waals surface area contributed by atoms with E-state index in [2.05, 4.69) is 4.98 Å². The van der Waals surface area contributed by atoms with Crippen molar-refractivity contribution in [1.82, 2.24) is 9.55 Å². The van der Waals surface area contributed by atoms with Crippen molar-refractivity contribution in [3.05, 3.63) is 63.4 Å². The molecule has 1 fully saturated rings. The summed E-state index contributed by atoms with van der Waals surface area (Å²) in [5.74, 6) is -0.802. The Bertz CT molecular complexity index is 988. The molecule has 154 valence electrons. The van der Waals surface area contributed by atoms with Gasteiger partial charge in [-0.05, 0) is 12.1 Å². The molecule has 0 aliphatic carbocycles. The van der Waals surface area contributed by atoms with Crippen LogP contribution in [0, 0.1) is 0 Å². The monoisotopic (exact) mass is 420 g/mol. The Morgan fingerprint density at radius 1 is 1.07 bits per heavy atom. The van der Waals surface area contributed by atoms with Gasteiger partial charge in [0, 0.05) is 36.8 Å². The summed E-state index contributed by atoms with van der Waals surface area (Å²) in [6.45, 7) is 2.45. The van der Waals surface area contributed by atoms with Gasteiger partial charge in [0.25, 0.3) is 5.56 Å². The molecule has 2 heterocycles. The van der Waals surface area contributed by atoms with Crippen LogP contribution >= 0.6 is 11.8 Å². The van der Waals surface area contributed by atoms with Crippen LogP contribution in [0.3, 0.4) is 0 Å². The highest BCUT2D eigenvalue weighted by molar-refractivity contribution is 7.99. The number of H-pyrrole nitrogens is 1. The highest BCUT2D eigenvalue weighted by Crippen LogP contribution is 2.36. The Kier molecular flexibility index (Phi) is 6.55. The number of rotatable bonds is 6. The molecule has 3 rings (SSSR count). The maximum absolute atomic E-state index is 12.2. The topological polar surface area (TPSA) is 117 Å². The summed E-state index contributed by atoms with van der Waals surface area (Å²) in [5.41, 5.74) is -1.29. The van der Waals surface area contributed by atoms with Gasteiger partial charge in [0.1, 0.15) is 6.10 Å². The van der Waals surface area contributed by atoms with Crippen LogP contribution in [0.25, 0.3) is 0 Å². The molecule has 10 heteroatoms. The molecule has 0 amide bonds. The van der Waals surface area contributed by atoms with Crippen molar-refractivity contribution < 1.29 is 23.8 Å². The lowest BCUT2D eigenvalue weighted by atomic mass is 10.1. The van der Waals surface area contributed by atoms with Gasteiger partial charge in [-0.3, -0.25) is 23.9 Å². The van der Waals surface area contributed by atoms with Crippen molar-refractivity contribution in [2.45, 2.75) is 43.3 Å². The summed E-state index contributed by atoms with van der Waals surface area (Å²) in [4.78, 5) is 50.1. The van der Waals surface area contributed by atoms with Gasteiger partial charge in [-0.1, -0.05) is 18.2 Å². The zero-order valence-corrected chi connectivity index (χ0v) is 16.6. The number of carbonyl (C=O) groups excluding carboxylic acids is 2. The lowest BCUT2D eigenvalue weighted by molar-refractivity contribution is -0.165. The second-order valence-corrected chi connectivity index (χ2v) is 7.45. The summed E-state index contributed by atoms with van der Waals surface area (Å²) in [5, 5.41) is 0. The van der Waals surface area contributed by atoms with Crippen LogP contribution in [0.4, 0.5) is 0 Å². The van der Waals surface area contributed by atoms with Gasteiger partial charge in [0.2, 0.25) is 0 Å². The largest absolute Gasteiger partial charge is 0.456 e. The van der Waals surface area contributed by atoms with Crippen LogP contribution in [0.15, 0.2) is 57.1 Å². The van der Waals surface area contributed by atoms with E-state index in [-0.39, 0.29) is 0 Å². The van der Waals surface area contributed by atoms with Crippen LogP contribution in [0.2, 0.25) is 0 Å². The third kappa shape index (κ3) is 5.15. The van der Waals surface area contributed by atoms with Crippen molar-refractivity contribution in [1.29, 1.82) is 0 Å². The van der Waals surface area contributed by atoms with E-state index in [0.717, 1.165) is 15.5 Å². The molecular formula is C19H20N2O7S. The standard InChI is InChI=1S/C19H20N2O7S/c1-11(22)26-16-14(10-29-13-6-4-3-5-7-13)28-18(17(16)27-12(2)23)21-9-8-15(24)20-19(21)25/h3-9,14,16-18H,10H2,1-2H3,(H,20,24,25)/t14-,16-,17-,18-/m1/s1. The summed E-state index contributed by atoms with van der Waals surface area (Å²) >= 11 is 1.47. The molecule has 0 radical (unpaired) electrons. The van der Waals surface area contributed by atoms with Crippen LogP contribution in [0.1, 0.15) is 20.1 Å². The molecule has 29 heavy (non-hydrogen) atoms. The minimum absolute atomic E-state index is 0.383. The van der Waals surface area contributed by atoms with Gasteiger partial charge in [-0.15, -0.1) is 11.8 Å². The van der Waals surface area contributed by atoms with Crippen molar-refractivity contribution in [2.75, 3.05) is 5.75 Å². The van der Waals surface area contributed by atoms with Gasteiger partial charge >= 0.3 is 17.6 Å². The maximum atomic E-state index is 12.2. The van der Waals surface area contributed by atoms with E-state index in [1.807, 2.05) is 30.3 Å². The van der Waals surface area contributed by atoms with Gasteiger partial charge in [0.15, 0.2) is 18.4 Å². The number of carbonyl (C=O) groups is 2. The molecule has 2 aromatic rings. The zero-order valence-electron chi connectivity index (χ0n) is 15.8. The molecule has 0 bridgehead atoms. The Morgan fingerprint density at radius 2 is 1.72 bits per heavy atom. The maximum Gasteiger partial charge on any atom is 0.330 e. The number of aromatic nitrogens is 2. The molecular weight excluding hydrogens is 400 g/mol. The molecule has 1 aliphatic rings. The first-order chi connectivity index (χ1) is 13.8. The molecule has 1 N–H and O–H groups in total. The van der Waals surface area contributed by atoms with Gasteiger partial charge in [-0.25, -0.2) is 4.79 Å². The average molecular weight is 420 g/mol. The van der Waals surface area contributed by atoms with Crippen molar-refractivity contribution >= 4 is 23.7 Å². The highest BCUT2D eigenvalue weighted by atomic mass is 32.2. The number of ether oxygens (including phenoxy) is 3. The third-order valence-electron chi connectivity index (χ3n) is 4.17. The number of nitrogens with one attached hydrogen (secondary N) is 1. The number of benzene rings is 1. The predicted molar refractivity (Wildman–Crippen MR) is 104 cm³/mol. The quantitative estimate of drug-likeness (QED) is 0.545. The first-order valence-electron chi connectivity index (χ1n) is 8.84. The summed E-state index contributed by atoms with van der Waals surface area (Å²) in [6.07, 6.45) is -2.44. The molecule has 0 unspecified atom stereocenters. The fourth-order valence-corrected chi connectivity index (χ4v) is 4.01. The molecule has 0 spiro atoms. The van der Waals surface area contributed by atoms with E-state index in [9.17, 15) is 19.2 Å². The lowest BCUT2D eigenvalue weighted by Gasteiger charge is -2.23. The van der Waals surface area contributed by atoms with E-state index < -0.39 is 47.7 Å². The van der Waals surface area contributed by atoms with Crippen molar-refractivity contribution in [3.63, 3.8) is 0 Å². The van der Waals surface area contributed by atoms with E-state index in [0.29, 0.717) is 5.75 Å². The fraction of sp³-hybridized carbons (Fsp3) is 0.368. The molecule has 0 saturated carbocycles. The van der Waals surface area contributed by atoms with E-state index in [1.54, 1.807) is 0 Å². The minimum atomic E-state index is -1.06. The van der Waals surface area contributed by atoms with Crippen LogP contribution in [0.5, 0.6) is 0 Å². The Morgan fingerprint density at radius 3 is 2.34 bits per heavy atom. The Labute approximate surface area is 170 Å². The molecule has 1 aromatic carbocycles. The number of esters is 2. The van der Waals surface area contributed by atoms with Crippen molar-refractivity contribution in [2.24, 2.45) is 0 Å². The predicted octanol–water partition coefficient (Wildman–Crippen LogP) is 1.09. The summed E-state index contributed by atoms with van der Waals surface area (Å²) in [6, 6.07) is 10.7. The van der Waals surface area contributed by atoms with Crippen molar-refractivity contribution in [3.8, 4) is 0 Å². The second-order valence-electron chi connectivity index (χ2n) is 6.35. The SMILES string of the molecule is CC(=O)O[C@@H]1[C@H](OC(C)=O)[C@@H](CSc2ccccc2)O[C@H]1n1ccc(=O)[nH]c1=O. The Balaban J connectivity index is 1.92. The number of thioether (sulfide) groups is 1. The summed E-state index contributed by atoms with van der Waals surface area (Å²) in [7, 11) is 0. The van der Waals surface area contributed by atoms with Crippen LogP contribution in [-0.4, -0.2) is 45.6 Å². The summed E-state index contributed by atoms with van der Waals surface area (Å²) < 4.78 is 17.8. The average Bonchev–Trinajstić information content (AvgIpc) is 2.97. The molecule has 4 atom stereocenters. The van der Waals surface area contributed by atoms with E-state index in [4.69, 9.17) is 14.2 Å². The van der Waals surface area contributed by atoms with E-state index in [1.165, 1.54) is 31.8 Å². The fourth-order valence-electron chi connectivity index (χ4n) is 3.04. The molecule has 9 nitrogen and oxygen atoms in total. The van der Waals surface area contributed by atoms with Gasteiger partial charge < -0.3 is 14.2 Å². The van der Waals surface area contributed by atoms with Crippen LogP contribution < -0.4 is 11.2 Å². The normalized spacial score (nSPS) is 23.5. The number of hydrogen-bond acceptors (Lipinski definition) is 8. The first-order valence-corrected chi connectivity index (χ1v) is 9.83. The third-order valence-corrected chi connectivity index (χ3v) is 5.27. The van der Waals surface area contributed by atoms with E-state index >= 15 is 0 Å². The first kappa shape index (κ1) is 20.9. The molecule has 1 aromatic heterocycles. The number of nitrogens with zero attached hydrogens (tertiary/aromatic N) is 1. The Hall–Kier alpha value is -2.85. The van der Waals surface area contributed by atoms with Gasteiger partial charge in [-0.2, -0.15) is 0 Å². The number of hydrogen-bond donors (Lipinski definition) is 1. The lowest BCUT2D eigenvalue weighted by Crippen LogP contribution is -2.42. The highest BCUT2D eigenvalue weighted by Gasteiger charge is 2.50. The smallest absolute Gasteiger partial charge is 0.330 e. The van der Waals surface area contributed by atoms with Gasteiger partial charge in [0.05, 0.1) is 0 Å². The molecule has 1 saturated heterocycles.